The molecule has 2 aromatic carbocycles. The lowest BCUT2D eigenvalue weighted by Crippen LogP contribution is -2.55. The number of ether oxygens (including phenoxy) is 4. The molecule has 0 saturated heterocycles. The lowest BCUT2D eigenvalue weighted by Gasteiger charge is -2.28. The molecule has 0 unspecified atom stereocenters. The average Bonchev–Trinajstić information content (AvgIpc) is 3.45. The average molecular weight is 748 g/mol. The maximum atomic E-state index is 13.3. The maximum Gasteiger partial charge on any atom is 0.408 e. The van der Waals surface area contributed by atoms with Gasteiger partial charge >= 0.3 is 12.2 Å². The summed E-state index contributed by atoms with van der Waals surface area (Å²) in [6.45, 7) is 17.1. The van der Waals surface area contributed by atoms with Gasteiger partial charge in [-0.05, 0) is 73.9 Å². The van der Waals surface area contributed by atoms with Crippen LogP contribution in [0.3, 0.4) is 0 Å². The van der Waals surface area contributed by atoms with Crippen LogP contribution in [0.1, 0.15) is 73.7 Å². The van der Waals surface area contributed by atoms with Crippen molar-refractivity contribution < 1.29 is 38.1 Å². The van der Waals surface area contributed by atoms with Crippen molar-refractivity contribution in [1.82, 2.24) is 30.5 Å². The lowest BCUT2D eigenvalue weighted by molar-refractivity contribution is -0.127. The molecule has 2 aromatic heterocycles. The van der Waals surface area contributed by atoms with Crippen LogP contribution in [0, 0.1) is 0 Å². The first-order valence-electron chi connectivity index (χ1n) is 18.0. The highest BCUT2D eigenvalue weighted by molar-refractivity contribution is 6.10. The van der Waals surface area contributed by atoms with E-state index in [4.69, 9.17) is 28.9 Å². The van der Waals surface area contributed by atoms with Crippen LogP contribution in [0.15, 0.2) is 54.6 Å². The second-order valence-electron chi connectivity index (χ2n) is 15.0. The molecule has 4 amide bonds. The number of anilines is 1. The zero-order valence-corrected chi connectivity index (χ0v) is 32.6. The Kier molecular flexibility index (Phi) is 13.6. The Labute approximate surface area is 315 Å². The van der Waals surface area contributed by atoms with Gasteiger partial charge in [0, 0.05) is 18.5 Å². The van der Waals surface area contributed by atoms with E-state index in [0.29, 0.717) is 30.0 Å². The van der Waals surface area contributed by atoms with Crippen LogP contribution in [0.4, 0.5) is 15.4 Å². The van der Waals surface area contributed by atoms with Crippen molar-refractivity contribution in [2.45, 2.75) is 105 Å². The van der Waals surface area contributed by atoms with Crippen LogP contribution >= 0.6 is 0 Å². The van der Waals surface area contributed by atoms with Crippen molar-refractivity contribution in [2.24, 2.45) is 0 Å². The Balaban J connectivity index is 1.47. The molecular weight excluding hydrogens is 694 g/mol. The first-order chi connectivity index (χ1) is 25.4. The maximum absolute atomic E-state index is 13.3. The second kappa shape index (κ2) is 17.7. The molecule has 0 spiro atoms. The van der Waals surface area contributed by atoms with Gasteiger partial charge in [0.1, 0.15) is 41.7 Å². The number of benzene rings is 2. The molecule has 0 radical (unpaired) electrons. The van der Waals surface area contributed by atoms with Crippen LogP contribution in [0.25, 0.3) is 21.9 Å². The molecule has 54 heavy (non-hydrogen) atoms. The number of amides is 4. The van der Waals surface area contributed by atoms with Gasteiger partial charge < -0.3 is 44.8 Å². The van der Waals surface area contributed by atoms with E-state index in [2.05, 4.69) is 21.3 Å². The molecule has 0 fully saturated rings. The SMILES string of the molecule is CCOCc1nc2c(NC(=O)[C@H](C)NC(=O)OC(C)(C)C)nc3ccccc3c2n1CC(C)(C)OCCNC(=O)C(C)(C)NC(=O)OCc1ccccc1. The highest BCUT2D eigenvalue weighted by atomic mass is 16.6. The van der Waals surface area contributed by atoms with Crippen molar-refractivity contribution >= 4 is 51.8 Å². The Morgan fingerprint density at radius 2 is 1.56 bits per heavy atom. The number of carbonyl (C=O) groups is 4. The van der Waals surface area contributed by atoms with E-state index in [1.54, 1.807) is 41.5 Å². The summed E-state index contributed by atoms with van der Waals surface area (Å²) < 4.78 is 24.7. The number of pyridine rings is 1. The topological polar surface area (TPSA) is 184 Å². The molecule has 0 bridgehead atoms. The number of rotatable bonds is 16. The summed E-state index contributed by atoms with van der Waals surface area (Å²) in [5.74, 6) is -0.0784. The second-order valence-corrected chi connectivity index (χ2v) is 15.0. The van der Waals surface area contributed by atoms with Crippen LogP contribution in [0.5, 0.6) is 0 Å². The van der Waals surface area contributed by atoms with E-state index < -0.39 is 46.8 Å². The molecule has 4 aromatic rings. The number of imidazole rings is 1. The Morgan fingerprint density at radius 1 is 0.870 bits per heavy atom. The van der Waals surface area contributed by atoms with E-state index in [1.165, 1.54) is 0 Å². The zero-order valence-electron chi connectivity index (χ0n) is 32.6. The Morgan fingerprint density at radius 3 is 2.24 bits per heavy atom. The molecule has 4 rings (SSSR count). The summed E-state index contributed by atoms with van der Waals surface area (Å²) in [7, 11) is 0. The van der Waals surface area contributed by atoms with Gasteiger partial charge in [0.2, 0.25) is 11.8 Å². The lowest BCUT2D eigenvalue weighted by atomic mass is 10.1. The normalized spacial score (nSPS) is 12.6. The fourth-order valence-corrected chi connectivity index (χ4v) is 5.43. The minimum atomic E-state index is -1.24. The van der Waals surface area contributed by atoms with Crippen LogP contribution in [0.2, 0.25) is 0 Å². The molecule has 4 N–H and O–H groups in total. The number of nitrogens with one attached hydrogen (secondary N) is 4. The van der Waals surface area contributed by atoms with Gasteiger partial charge in [-0.25, -0.2) is 19.6 Å². The van der Waals surface area contributed by atoms with Crippen molar-refractivity contribution in [3.8, 4) is 0 Å². The van der Waals surface area contributed by atoms with Gasteiger partial charge in [0.25, 0.3) is 0 Å². The highest BCUT2D eigenvalue weighted by Crippen LogP contribution is 2.32. The van der Waals surface area contributed by atoms with Gasteiger partial charge in [0.05, 0.1) is 29.8 Å². The van der Waals surface area contributed by atoms with E-state index in [9.17, 15) is 19.2 Å². The number of para-hydroxylation sites is 1. The summed E-state index contributed by atoms with van der Waals surface area (Å²) in [4.78, 5) is 60.7. The number of hydrogen-bond acceptors (Lipinski definition) is 10. The molecule has 292 valence electrons. The monoisotopic (exact) mass is 747 g/mol. The minimum absolute atomic E-state index is 0.0839. The number of fused-ring (bicyclic) bond motifs is 3. The summed E-state index contributed by atoms with van der Waals surface area (Å²) in [5, 5.41) is 11.7. The van der Waals surface area contributed by atoms with Crippen LogP contribution in [-0.2, 0) is 48.3 Å². The van der Waals surface area contributed by atoms with Crippen molar-refractivity contribution in [2.75, 3.05) is 25.1 Å². The van der Waals surface area contributed by atoms with Crippen molar-refractivity contribution in [1.29, 1.82) is 0 Å². The first kappa shape index (κ1) is 41.5. The summed E-state index contributed by atoms with van der Waals surface area (Å²) in [5.41, 5.74) is -0.112. The minimum Gasteiger partial charge on any atom is -0.445 e. The predicted octanol–water partition coefficient (Wildman–Crippen LogP) is 5.59. The summed E-state index contributed by atoms with van der Waals surface area (Å²) >= 11 is 0. The molecule has 15 nitrogen and oxygen atoms in total. The molecule has 15 heteroatoms. The molecule has 1 atom stereocenters. The van der Waals surface area contributed by atoms with Gasteiger partial charge in [-0.2, -0.15) is 0 Å². The number of aromatic nitrogens is 3. The zero-order chi connectivity index (χ0) is 39.7. The smallest absolute Gasteiger partial charge is 0.408 e. The molecule has 0 aliphatic heterocycles. The Hall–Kier alpha value is -5.28. The Bertz CT molecular complexity index is 1940. The number of hydrogen-bond donors (Lipinski definition) is 4. The van der Waals surface area contributed by atoms with Crippen molar-refractivity contribution in [3.63, 3.8) is 0 Å². The van der Waals surface area contributed by atoms with E-state index in [-0.39, 0.29) is 32.2 Å². The van der Waals surface area contributed by atoms with E-state index in [0.717, 1.165) is 16.5 Å². The quantitative estimate of drug-likeness (QED) is 0.105. The fourth-order valence-electron chi connectivity index (χ4n) is 5.43. The third-order valence-electron chi connectivity index (χ3n) is 8.08. The van der Waals surface area contributed by atoms with Crippen LogP contribution < -0.4 is 21.3 Å². The first-order valence-corrected chi connectivity index (χ1v) is 18.0. The molecule has 0 saturated carbocycles. The third-order valence-corrected chi connectivity index (χ3v) is 8.08. The standard InChI is InChI=1S/C39H53N7O8/c1-10-51-23-29-43-30-31(27-18-14-15-19-28(27)42-32(30)44-33(47)25(2)41-35(49)54-37(3,4)5)46(29)24-38(6,7)53-21-20-40-34(48)39(8,9)45-36(50)52-22-26-16-12-11-13-17-26/h11-19,25H,10,20-24H2,1-9H3,(H,40,48)(H,41,49)(H,45,50)(H,42,44,47)/t25-/m0/s1. The van der Waals surface area contributed by atoms with E-state index >= 15 is 0 Å². The molecule has 2 heterocycles. The largest absolute Gasteiger partial charge is 0.445 e. The van der Waals surface area contributed by atoms with Crippen molar-refractivity contribution in [3.05, 3.63) is 66.0 Å². The third kappa shape index (κ3) is 11.6. The van der Waals surface area contributed by atoms with Gasteiger partial charge in [-0.3, -0.25) is 9.59 Å². The van der Waals surface area contributed by atoms with Gasteiger partial charge in [-0.15, -0.1) is 0 Å². The number of alkyl carbamates (subject to hydrolysis) is 2. The molecule has 0 aliphatic rings. The predicted molar refractivity (Wildman–Crippen MR) is 205 cm³/mol. The molecule has 0 aliphatic carbocycles. The van der Waals surface area contributed by atoms with Gasteiger partial charge in [-0.1, -0.05) is 48.5 Å². The molecular formula is C39H53N7O8. The summed E-state index contributed by atoms with van der Waals surface area (Å²) in [6.07, 6.45) is -1.42. The van der Waals surface area contributed by atoms with E-state index in [1.807, 2.05) is 79.9 Å². The number of nitrogens with zero attached hydrogens (tertiary/aromatic N) is 3. The van der Waals surface area contributed by atoms with Crippen LogP contribution in [-0.4, -0.2) is 81.1 Å². The summed E-state index contributed by atoms with van der Waals surface area (Å²) in [6, 6.07) is 15.9. The highest BCUT2D eigenvalue weighted by Gasteiger charge is 2.31. The van der Waals surface area contributed by atoms with Gasteiger partial charge in [0.15, 0.2) is 5.82 Å². The fraction of sp³-hybridized carbons (Fsp3) is 0.487. The number of carbonyl (C=O) groups excluding carboxylic acids is 4.